The average molecular weight is 270 g/mol. The van der Waals surface area contributed by atoms with Gasteiger partial charge in [-0.25, -0.2) is 0 Å². The Labute approximate surface area is 120 Å². The SMILES string of the molecule is CCOc1ccc(C(Cc2ccccc2C)NN)cc1. The normalized spacial score (nSPS) is 12.2. The van der Waals surface area contributed by atoms with Crippen LogP contribution in [0.4, 0.5) is 0 Å². The van der Waals surface area contributed by atoms with Crippen molar-refractivity contribution in [3.63, 3.8) is 0 Å². The lowest BCUT2D eigenvalue weighted by Crippen LogP contribution is -2.29. The number of hydrogen-bond acceptors (Lipinski definition) is 3. The molecule has 0 heterocycles. The van der Waals surface area contributed by atoms with E-state index in [4.69, 9.17) is 10.6 Å². The van der Waals surface area contributed by atoms with E-state index in [0.29, 0.717) is 6.61 Å². The molecule has 3 N–H and O–H groups in total. The van der Waals surface area contributed by atoms with E-state index in [9.17, 15) is 0 Å². The summed E-state index contributed by atoms with van der Waals surface area (Å²) in [5.41, 5.74) is 6.67. The summed E-state index contributed by atoms with van der Waals surface area (Å²) in [5.74, 6) is 6.61. The van der Waals surface area contributed by atoms with Crippen LogP contribution in [0.2, 0.25) is 0 Å². The van der Waals surface area contributed by atoms with Gasteiger partial charge in [0.25, 0.3) is 0 Å². The third-order valence-electron chi connectivity index (χ3n) is 3.48. The molecule has 0 aliphatic carbocycles. The first kappa shape index (κ1) is 14.6. The maximum Gasteiger partial charge on any atom is 0.119 e. The second-order valence-electron chi connectivity index (χ2n) is 4.85. The van der Waals surface area contributed by atoms with E-state index in [1.54, 1.807) is 0 Å². The van der Waals surface area contributed by atoms with Gasteiger partial charge in [-0.1, -0.05) is 36.4 Å². The van der Waals surface area contributed by atoms with Crippen LogP contribution >= 0.6 is 0 Å². The minimum atomic E-state index is 0.103. The molecule has 0 bridgehead atoms. The Morgan fingerprint density at radius 3 is 2.40 bits per heavy atom. The van der Waals surface area contributed by atoms with E-state index in [1.165, 1.54) is 16.7 Å². The van der Waals surface area contributed by atoms with E-state index in [2.05, 4.69) is 48.7 Å². The smallest absolute Gasteiger partial charge is 0.119 e. The Morgan fingerprint density at radius 1 is 1.10 bits per heavy atom. The molecule has 0 aliphatic heterocycles. The second-order valence-corrected chi connectivity index (χ2v) is 4.85. The van der Waals surface area contributed by atoms with Gasteiger partial charge in [-0.15, -0.1) is 0 Å². The fourth-order valence-corrected chi connectivity index (χ4v) is 2.30. The van der Waals surface area contributed by atoms with Crippen molar-refractivity contribution in [2.75, 3.05) is 6.61 Å². The number of ether oxygens (including phenoxy) is 1. The van der Waals surface area contributed by atoms with Crippen molar-refractivity contribution < 1.29 is 4.74 Å². The molecule has 0 amide bonds. The zero-order valence-corrected chi connectivity index (χ0v) is 12.1. The molecule has 3 heteroatoms. The van der Waals surface area contributed by atoms with Crippen molar-refractivity contribution in [3.05, 3.63) is 65.2 Å². The quantitative estimate of drug-likeness (QED) is 0.626. The van der Waals surface area contributed by atoms with Crippen molar-refractivity contribution in [1.29, 1.82) is 0 Å². The molecule has 2 aromatic carbocycles. The molecule has 1 unspecified atom stereocenters. The van der Waals surface area contributed by atoms with Crippen molar-refractivity contribution in [2.24, 2.45) is 5.84 Å². The summed E-state index contributed by atoms with van der Waals surface area (Å²) >= 11 is 0. The lowest BCUT2D eigenvalue weighted by atomic mass is 9.96. The summed E-state index contributed by atoms with van der Waals surface area (Å²) in [7, 11) is 0. The predicted octanol–water partition coefficient (Wildman–Crippen LogP) is 3.14. The molecular formula is C17H22N2O. The van der Waals surface area contributed by atoms with E-state index in [1.807, 2.05) is 19.1 Å². The third-order valence-corrected chi connectivity index (χ3v) is 3.48. The zero-order valence-electron chi connectivity index (χ0n) is 12.1. The minimum Gasteiger partial charge on any atom is -0.494 e. The Kier molecular flexibility index (Phi) is 5.16. The van der Waals surface area contributed by atoms with Crippen molar-refractivity contribution in [1.82, 2.24) is 5.43 Å². The molecule has 3 nitrogen and oxygen atoms in total. The van der Waals surface area contributed by atoms with E-state index in [-0.39, 0.29) is 6.04 Å². The highest BCUT2D eigenvalue weighted by Gasteiger charge is 2.11. The predicted molar refractivity (Wildman–Crippen MR) is 82.6 cm³/mol. The number of hydrogen-bond donors (Lipinski definition) is 2. The maximum atomic E-state index is 5.72. The highest BCUT2D eigenvalue weighted by molar-refractivity contribution is 5.32. The van der Waals surface area contributed by atoms with Gasteiger partial charge in [-0.3, -0.25) is 11.3 Å². The molecular weight excluding hydrogens is 248 g/mol. The van der Waals surface area contributed by atoms with Crippen LogP contribution in [0.25, 0.3) is 0 Å². The molecule has 0 saturated heterocycles. The van der Waals surface area contributed by atoms with Crippen LogP contribution in [0.15, 0.2) is 48.5 Å². The Hall–Kier alpha value is -1.84. The van der Waals surface area contributed by atoms with Gasteiger partial charge in [-0.05, 0) is 49.1 Å². The molecule has 0 aromatic heterocycles. The fraction of sp³-hybridized carbons (Fsp3) is 0.294. The summed E-state index contributed by atoms with van der Waals surface area (Å²) in [6.07, 6.45) is 0.872. The highest BCUT2D eigenvalue weighted by Crippen LogP contribution is 2.22. The minimum absolute atomic E-state index is 0.103. The first-order chi connectivity index (χ1) is 9.74. The molecule has 0 spiro atoms. The summed E-state index contributed by atoms with van der Waals surface area (Å²) in [6.45, 7) is 4.79. The fourth-order valence-electron chi connectivity index (χ4n) is 2.30. The van der Waals surface area contributed by atoms with Gasteiger partial charge in [0, 0.05) is 6.04 Å². The molecule has 2 rings (SSSR count). The average Bonchev–Trinajstić information content (AvgIpc) is 2.48. The molecule has 20 heavy (non-hydrogen) atoms. The summed E-state index contributed by atoms with van der Waals surface area (Å²) in [4.78, 5) is 0. The van der Waals surface area contributed by atoms with Crippen molar-refractivity contribution >= 4 is 0 Å². The second kappa shape index (κ2) is 7.08. The number of aryl methyl sites for hydroxylation is 1. The Morgan fingerprint density at radius 2 is 1.80 bits per heavy atom. The van der Waals surface area contributed by atoms with Crippen LogP contribution in [-0.4, -0.2) is 6.61 Å². The molecule has 0 aliphatic rings. The van der Waals surface area contributed by atoms with Crippen molar-refractivity contribution in [3.8, 4) is 5.75 Å². The topological polar surface area (TPSA) is 47.3 Å². The molecule has 0 fully saturated rings. The van der Waals surface area contributed by atoms with Gasteiger partial charge in [0.1, 0.15) is 5.75 Å². The Bertz CT molecular complexity index is 537. The van der Waals surface area contributed by atoms with Gasteiger partial charge in [0.05, 0.1) is 6.61 Å². The lowest BCUT2D eigenvalue weighted by molar-refractivity contribution is 0.340. The standard InChI is InChI=1S/C17H22N2O/c1-3-20-16-10-8-14(9-11-16)17(19-18)12-15-7-5-4-6-13(15)2/h4-11,17,19H,3,12,18H2,1-2H3. The van der Waals surface area contributed by atoms with Gasteiger partial charge >= 0.3 is 0 Å². The van der Waals surface area contributed by atoms with Gasteiger partial charge < -0.3 is 4.74 Å². The van der Waals surface area contributed by atoms with Crippen LogP contribution in [0, 0.1) is 6.92 Å². The largest absolute Gasteiger partial charge is 0.494 e. The number of nitrogens with two attached hydrogens (primary N) is 1. The zero-order chi connectivity index (χ0) is 14.4. The highest BCUT2D eigenvalue weighted by atomic mass is 16.5. The number of benzene rings is 2. The van der Waals surface area contributed by atoms with E-state index >= 15 is 0 Å². The molecule has 0 radical (unpaired) electrons. The van der Waals surface area contributed by atoms with Gasteiger partial charge in [0.2, 0.25) is 0 Å². The lowest BCUT2D eigenvalue weighted by Gasteiger charge is -2.18. The maximum absolute atomic E-state index is 5.72. The molecule has 0 saturated carbocycles. The third kappa shape index (κ3) is 3.59. The van der Waals surface area contributed by atoms with E-state index < -0.39 is 0 Å². The summed E-state index contributed by atoms with van der Waals surface area (Å²) in [6, 6.07) is 16.6. The first-order valence-electron chi connectivity index (χ1n) is 6.98. The first-order valence-corrected chi connectivity index (χ1v) is 6.98. The van der Waals surface area contributed by atoms with Crippen LogP contribution < -0.4 is 16.0 Å². The van der Waals surface area contributed by atoms with Gasteiger partial charge in [0.15, 0.2) is 0 Å². The number of hydrazine groups is 1. The van der Waals surface area contributed by atoms with Crippen molar-refractivity contribution in [2.45, 2.75) is 26.3 Å². The van der Waals surface area contributed by atoms with Crippen LogP contribution in [0.5, 0.6) is 5.75 Å². The number of rotatable bonds is 6. The Balaban J connectivity index is 2.13. The van der Waals surface area contributed by atoms with Crippen LogP contribution in [0.1, 0.15) is 29.7 Å². The summed E-state index contributed by atoms with van der Waals surface area (Å²) in [5, 5.41) is 0. The van der Waals surface area contributed by atoms with Gasteiger partial charge in [-0.2, -0.15) is 0 Å². The van der Waals surface area contributed by atoms with E-state index in [0.717, 1.165) is 12.2 Å². The molecule has 2 aromatic rings. The molecule has 1 atom stereocenters. The summed E-state index contributed by atoms with van der Waals surface area (Å²) < 4.78 is 5.46. The van der Waals surface area contributed by atoms with Crippen LogP contribution in [0.3, 0.4) is 0 Å². The number of nitrogens with one attached hydrogen (secondary N) is 1. The molecule has 106 valence electrons. The monoisotopic (exact) mass is 270 g/mol. The van der Waals surface area contributed by atoms with Crippen LogP contribution in [-0.2, 0) is 6.42 Å².